The van der Waals surface area contributed by atoms with Gasteiger partial charge in [0.15, 0.2) is 0 Å². The topological polar surface area (TPSA) is 74.2 Å². The summed E-state index contributed by atoms with van der Waals surface area (Å²) in [6.07, 6.45) is 2.20. The van der Waals surface area contributed by atoms with Gasteiger partial charge in [-0.1, -0.05) is 12.1 Å². The predicted molar refractivity (Wildman–Crippen MR) is 89.8 cm³/mol. The van der Waals surface area contributed by atoms with Gasteiger partial charge >= 0.3 is 6.03 Å². The maximum absolute atomic E-state index is 13.7. The fraction of sp³-hybridized carbons (Fsp3) is 0.333. The van der Waals surface area contributed by atoms with E-state index >= 15 is 0 Å². The second-order valence-electron chi connectivity index (χ2n) is 5.82. The first-order valence-electron chi connectivity index (χ1n) is 7.99. The second kappa shape index (κ2) is 9.08. The molecular weight excluding hydrogens is 328 g/mol. The van der Waals surface area contributed by atoms with Crippen molar-refractivity contribution in [2.45, 2.75) is 19.4 Å². The zero-order valence-corrected chi connectivity index (χ0v) is 13.9. The molecule has 0 saturated heterocycles. The predicted octanol–water partition coefficient (Wildman–Crippen LogP) is 2.57. The van der Waals surface area contributed by atoms with E-state index < -0.39 is 23.7 Å². The molecule has 0 aliphatic rings. The number of pyridine rings is 1. The molecule has 7 heteroatoms. The SMILES string of the molecule is CC(NC(=O)NCC(CO)Cc1ccccn1)c1ccc(F)cc1F. The van der Waals surface area contributed by atoms with Crippen molar-refractivity contribution in [1.82, 2.24) is 15.6 Å². The van der Waals surface area contributed by atoms with E-state index in [2.05, 4.69) is 15.6 Å². The van der Waals surface area contributed by atoms with Crippen LogP contribution < -0.4 is 10.6 Å². The first-order valence-corrected chi connectivity index (χ1v) is 7.99. The van der Waals surface area contributed by atoms with Crippen LogP contribution in [0.5, 0.6) is 0 Å². The number of rotatable bonds is 7. The van der Waals surface area contributed by atoms with Gasteiger partial charge in [-0.3, -0.25) is 4.98 Å². The number of carbonyl (C=O) groups is 1. The van der Waals surface area contributed by atoms with Crippen molar-refractivity contribution in [1.29, 1.82) is 0 Å². The largest absolute Gasteiger partial charge is 0.396 e. The lowest BCUT2D eigenvalue weighted by Gasteiger charge is -2.18. The van der Waals surface area contributed by atoms with Crippen LogP contribution in [0.1, 0.15) is 24.2 Å². The first-order chi connectivity index (χ1) is 12.0. The van der Waals surface area contributed by atoms with E-state index in [-0.39, 0.29) is 24.6 Å². The Hall–Kier alpha value is -2.54. The minimum absolute atomic E-state index is 0.0982. The monoisotopic (exact) mass is 349 g/mol. The Balaban J connectivity index is 1.84. The van der Waals surface area contributed by atoms with Gasteiger partial charge < -0.3 is 15.7 Å². The molecule has 134 valence electrons. The van der Waals surface area contributed by atoms with Gasteiger partial charge in [0.1, 0.15) is 11.6 Å². The lowest BCUT2D eigenvalue weighted by molar-refractivity contribution is 0.212. The average Bonchev–Trinajstić information content (AvgIpc) is 2.59. The third-order valence-electron chi connectivity index (χ3n) is 3.81. The number of urea groups is 1. The number of halogens is 2. The molecule has 5 nitrogen and oxygen atoms in total. The number of aliphatic hydroxyl groups is 1. The van der Waals surface area contributed by atoms with Crippen molar-refractivity contribution in [3.05, 3.63) is 65.5 Å². The van der Waals surface area contributed by atoms with Crippen molar-refractivity contribution in [3.63, 3.8) is 0 Å². The normalized spacial score (nSPS) is 13.1. The summed E-state index contributed by atoms with van der Waals surface area (Å²) < 4.78 is 26.6. The van der Waals surface area contributed by atoms with Gasteiger partial charge in [0.05, 0.1) is 6.04 Å². The summed E-state index contributed by atoms with van der Waals surface area (Å²) in [6.45, 7) is 1.75. The third kappa shape index (κ3) is 5.79. The Labute approximate surface area is 145 Å². The van der Waals surface area contributed by atoms with Gasteiger partial charge in [-0.15, -0.1) is 0 Å². The van der Waals surface area contributed by atoms with E-state index in [9.17, 15) is 18.7 Å². The Morgan fingerprint density at radius 1 is 1.28 bits per heavy atom. The van der Waals surface area contributed by atoms with Gasteiger partial charge in [-0.2, -0.15) is 0 Å². The molecule has 1 aromatic heterocycles. The lowest BCUT2D eigenvalue weighted by Crippen LogP contribution is -2.40. The Bertz CT molecular complexity index is 698. The summed E-state index contributed by atoms with van der Waals surface area (Å²) in [6, 6.07) is 7.62. The minimum Gasteiger partial charge on any atom is -0.396 e. The number of nitrogens with one attached hydrogen (secondary N) is 2. The Kier molecular flexibility index (Phi) is 6.82. The Morgan fingerprint density at radius 3 is 2.72 bits per heavy atom. The van der Waals surface area contributed by atoms with Crippen LogP contribution >= 0.6 is 0 Å². The molecule has 0 aliphatic carbocycles. The van der Waals surface area contributed by atoms with Crippen LogP contribution in [-0.4, -0.2) is 29.3 Å². The summed E-state index contributed by atoms with van der Waals surface area (Å²) in [7, 11) is 0. The summed E-state index contributed by atoms with van der Waals surface area (Å²) in [5.74, 6) is -1.56. The molecule has 0 spiro atoms. The van der Waals surface area contributed by atoms with Crippen molar-refractivity contribution in [3.8, 4) is 0 Å². The van der Waals surface area contributed by atoms with Crippen molar-refractivity contribution >= 4 is 6.03 Å². The molecule has 1 aromatic carbocycles. The number of hydrogen-bond donors (Lipinski definition) is 3. The number of aromatic nitrogens is 1. The zero-order valence-electron chi connectivity index (χ0n) is 13.9. The highest BCUT2D eigenvalue weighted by molar-refractivity contribution is 5.74. The number of nitrogens with zero attached hydrogens (tertiary/aromatic N) is 1. The van der Waals surface area contributed by atoms with Crippen LogP contribution in [0.15, 0.2) is 42.6 Å². The van der Waals surface area contributed by atoms with Crippen LogP contribution in [0.4, 0.5) is 13.6 Å². The molecule has 0 saturated carbocycles. The van der Waals surface area contributed by atoms with Crippen LogP contribution in [0.2, 0.25) is 0 Å². The average molecular weight is 349 g/mol. The zero-order chi connectivity index (χ0) is 18.2. The van der Waals surface area contributed by atoms with E-state index in [0.717, 1.165) is 17.8 Å². The summed E-state index contributed by atoms with van der Waals surface area (Å²) in [4.78, 5) is 16.1. The molecule has 0 aliphatic heterocycles. The van der Waals surface area contributed by atoms with Gasteiger partial charge in [-0.05, 0) is 31.5 Å². The molecule has 2 amide bonds. The van der Waals surface area contributed by atoms with Crippen LogP contribution in [0.3, 0.4) is 0 Å². The molecular formula is C18H21F2N3O2. The third-order valence-corrected chi connectivity index (χ3v) is 3.81. The molecule has 2 atom stereocenters. The molecule has 0 radical (unpaired) electrons. The van der Waals surface area contributed by atoms with Crippen LogP contribution in [0.25, 0.3) is 0 Å². The summed E-state index contributed by atoms with van der Waals surface area (Å²) in [5.41, 5.74) is 1.02. The molecule has 0 fully saturated rings. The lowest BCUT2D eigenvalue weighted by atomic mass is 10.0. The molecule has 25 heavy (non-hydrogen) atoms. The maximum atomic E-state index is 13.7. The van der Waals surface area contributed by atoms with Crippen molar-refractivity contribution in [2.75, 3.05) is 13.2 Å². The number of amides is 2. The standard InChI is InChI=1S/C18H21F2N3O2/c1-12(16-6-5-14(19)9-17(16)20)23-18(25)22-10-13(11-24)8-15-4-2-3-7-21-15/h2-7,9,12-13,24H,8,10-11H2,1H3,(H2,22,23,25). The highest BCUT2D eigenvalue weighted by Crippen LogP contribution is 2.17. The number of benzene rings is 1. The fourth-order valence-electron chi connectivity index (χ4n) is 2.43. The van der Waals surface area contributed by atoms with Gasteiger partial charge in [0.2, 0.25) is 0 Å². The van der Waals surface area contributed by atoms with E-state index in [1.165, 1.54) is 6.07 Å². The minimum atomic E-state index is -0.712. The second-order valence-corrected chi connectivity index (χ2v) is 5.82. The van der Waals surface area contributed by atoms with E-state index in [1.807, 2.05) is 12.1 Å². The van der Waals surface area contributed by atoms with E-state index in [1.54, 1.807) is 19.2 Å². The summed E-state index contributed by atoms with van der Waals surface area (Å²) in [5, 5.41) is 14.7. The number of hydrogen-bond acceptors (Lipinski definition) is 3. The van der Waals surface area contributed by atoms with Crippen LogP contribution in [0, 0.1) is 17.6 Å². The van der Waals surface area contributed by atoms with Gasteiger partial charge in [0.25, 0.3) is 0 Å². The van der Waals surface area contributed by atoms with Gasteiger partial charge in [-0.25, -0.2) is 13.6 Å². The Morgan fingerprint density at radius 2 is 2.08 bits per heavy atom. The van der Waals surface area contributed by atoms with E-state index in [4.69, 9.17) is 0 Å². The first kappa shape index (κ1) is 18.8. The van der Waals surface area contributed by atoms with E-state index in [0.29, 0.717) is 6.42 Å². The molecule has 2 aromatic rings. The number of aliphatic hydroxyl groups excluding tert-OH is 1. The molecule has 2 unspecified atom stereocenters. The molecule has 2 rings (SSSR count). The number of carbonyl (C=O) groups excluding carboxylic acids is 1. The van der Waals surface area contributed by atoms with Crippen LogP contribution in [-0.2, 0) is 6.42 Å². The summed E-state index contributed by atoms with van der Waals surface area (Å²) >= 11 is 0. The highest BCUT2D eigenvalue weighted by atomic mass is 19.1. The van der Waals surface area contributed by atoms with Crippen molar-refractivity contribution < 1.29 is 18.7 Å². The van der Waals surface area contributed by atoms with Gasteiger partial charge in [0, 0.05) is 42.6 Å². The quantitative estimate of drug-likeness (QED) is 0.719. The molecule has 3 N–H and O–H groups in total. The van der Waals surface area contributed by atoms with Crippen molar-refractivity contribution in [2.24, 2.45) is 5.92 Å². The molecule has 1 heterocycles. The highest BCUT2D eigenvalue weighted by Gasteiger charge is 2.16. The molecule has 0 bridgehead atoms. The fourth-order valence-corrected chi connectivity index (χ4v) is 2.43. The smallest absolute Gasteiger partial charge is 0.315 e. The maximum Gasteiger partial charge on any atom is 0.315 e.